The fraction of sp³-hybridized carbons (Fsp3) is 0.381. The molecular formula is C21H23FN2O6S. The van der Waals surface area contributed by atoms with Gasteiger partial charge in [0.2, 0.25) is 16.8 Å². The Labute approximate surface area is 180 Å². The standard InChI is InChI=1S/C21H23FN2O6S/c1-2-23(13-15-3-6-18-19(11-15)30-14-29-18)21(25)16-4-5-17(22)20(12-16)31(26,27)24-7-9-28-10-8-24/h3-6,11-12H,2,7-10,13-14H2,1H3. The average molecular weight is 450 g/mol. The number of hydrogen-bond acceptors (Lipinski definition) is 6. The van der Waals surface area contributed by atoms with Gasteiger partial charge in [-0.15, -0.1) is 0 Å². The van der Waals surface area contributed by atoms with E-state index >= 15 is 0 Å². The molecule has 1 amide bonds. The average Bonchev–Trinajstić information content (AvgIpc) is 3.25. The van der Waals surface area contributed by atoms with Crippen LogP contribution >= 0.6 is 0 Å². The van der Waals surface area contributed by atoms with Crippen LogP contribution in [-0.4, -0.2) is 63.2 Å². The second kappa shape index (κ2) is 8.81. The Hall–Kier alpha value is -2.69. The Morgan fingerprint density at radius 2 is 1.84 bits per heavy atom. The van der Waals surface area contributed by atoms with E-state index in [1.165, 1.54) is 10.4 Å². The van der Waals surface area contributed by atoms with Crippen molar-refractivity contribution < 1.29 is 31.8 Å². The van der Waals surface area contributed by atoms with Gasteiger partial charge in [0.25, 0.3) is 5.91 Å². The van der Waals surface area contributed by atoms with Gasteiger partial charge in [-0.3, -0.25) is 4.79 Å². The smallest absolute Gasteiger partial charge is 0.254 e. The number of amides is 1. The van der Waals surface area contributed by atoms with Crippen molar-refractivity contribution in [3.63, 3.8) is 0 Å². The fourth-order valence-electron chi connectivity index (χ4n) is 3.53. The van der Waals surface area contributed by atoms with E-state index in [0.717, 1.165) is 17.7 Å². The molecule has 2 aliphatic rings. The largest absolute Gasteiger partial charge is 0.454 e. The van der Waals surface area contributed by atoms with Gasteiger partial charge in [0.15, 0.2) is 11.5 Å². The van der Waals surface area contributed by atoms with E-state index in [4.69, 9.17) is 14.2 Å². The van der Waals surface area contributed by atoms with Gasteiger partial charge in [-0.2, -0.15) is 4.31 Å². The minimum atomic E-state index is -4.07. The van der Waals surface area contributed by atoms with E-state index in [1.807, 2.05) is 13.0 Å². The van der Waals surface area contributed by atoms with Crippen molar-refractivity contribution in [3.8, 4) is 11.5 Å². The predicted molar refractivity (Wildman–Crippen MR) is 109 cm³/mol. The van der Waals surface area contributed by atoms with Crippen molar-refractivity contribution in [2.75, 3.05) is 39.6 Å². The summed E-state index contributed by atoms with van der Waals surface area (Å²) in [5.74, 6) is -0.0169. The second-order valence-corrected chi connectivity index (χ2v) is 9.07. The maximum absolute atomic E-state index is 14.5. The summed E-state index contributed by atoms with van der Waals surface area (Å²) < 4.78 is 57.3. The van der Waals surface area contributed by atoms with E-state index in [-0.39, 0.29) is 45.2 Å². The topological polar surface area (TPSA) is 85.4 Å². The number of halogens is 1. The number of morpholine rings is 1. The van der Waals surface area contributed by atoms with Crippen LogP contribution in [0.2, 0.25) is 0 Å². The molecule has 2 aromatic rings. The van der Waals surface area contributed by atoms with Gasteiger partial charge in [0, 0.05) is 31.7 Å². The quantitative estimate of drug-likeness (QED) is 0.671. The molecule has 0 spiro atoms. The molecule has 4 rings (SSSR count). The normalized spacial score (nSPS) is 16.3. The fourth-order valence-corrected chi connectivity index (χ4v) is 5.03. The Bertz CT molecular complexity index is 1090. The minimum Gasteiger partial charge on any atom is -0.454 e. The van der Waals surface area contributed by atoms with Crippen LogP contribution in [0.4, 0.5) is 4.39 Å². The third kappa shape index (κ3) is 4.36. The monoisotopic (exact) mass is 450 g/mol. The van der Waals surface area contributed by atoms with Crippen LogP contribution < -0.4 is 9.47 Å². The number of fused-ring (bicyclic) bond motifs is 1. The van der Waals surface area contributed by atoms with E-state index in [1.54, 1.807) is 17.0 Å². The molecule has 2 heterocycles. The summed E-state index contributed by atoms with van der Waals surface area (Å²) >= 11 is 0. The van der Waals surface area contributed by atoms with Crippen LogP contribution in [0.1, 0.15) is 22.8 Å². The van der Waals surface area contributed by atoms with Crippen LogP contribution in [0.5, 0.6) is 11.5 Å². The lowest BCUT2D eigenvalue weighted by atomic mass is 10.1. The summed E-state index contributed by atoms with van der Waals surface area (Å²) in [7, 11) is -4.07. The summed E-state index contributed by atoms with van der Waals surface area (Å²) in [5.41, 5.74) is 0.943. The molecule has 0 aliphatic carbocycles. The lowest BCUT2D eigenvalue weighted by molar-refractivity contribution is 0.0728. The van der Waals surface area contributed by atoms with E-state index < -0.39 is 26.6 Å². The molecule has 0 saturated carbocycles. The molecule has 0 bridgehead atoms. The highest BCUT2D eigenvalue weighted by Crippen LogP contribution is 2.33. The highest BCUT2D eigenvalue weighted by Gasteiger charge is 2.30. The number of sulfonamides is 1. The van der Waals surface area contributed by atoms with Gasteiger partial charge in [-0.1, -0.05) is 6.07 Å². The number of nitrogens with zero attached hydrogens (tertiary/aromatic N) is 2. The highest BCUT2D eigenvalue weighted by molar-refractivity contribution is 7.89. The zero-order chi connectivity index (χ0) is 22.0. The zero-order valence-corrected chi connectivity index (χ0v) is 17.9. The Morgan fingerprint density at radius 3 is 2.58 bits per heavy atom. The molecule has 31 heavy (non-hydrogen) atoms. The van der Waals surface area contributed by atoms with E-state index in [0.29, 0.717) is 18.0 Å². The lowest BCUT2D eigenvalue weighted by Gasteiger charge is -2.26. The van der Waals surface area contributed by atoms with Crippen LogP contribution in [0.25, 0.3) is 0 Å². The first-order valence-electron chi connectivity index (χ1n) is 9.95. The maximum atomic E-state index is 14.5. The van der Waals surface area contributed by atoms with Crippen molar-refractivity contribution in [1.29, 1.82) is 0 Å². The third-order valence-electron chi connectivity index (χ3n) is 5.25. The molecule has 0 N–H and O–H groups in total. The molecule has 2 aliphatic heterocycles. The molecule has 8 nitrogen and oxygen atoms in total. The SMILES string of the molecule is CCN(Cc1ccc2c(c1)OCO2)C(=O)c1ccc(F)c(S(=O)(=O)N2CCOCC2)c1. The van der Waals surface area contributed by atoms with Gasteiger partial charge in [0.1, 0.15) is 10.7 Å². The van der Waals surface area contributed by atoms with Crippen molar-refractivity contribution in [1.82, 2.24) is 9.21 Å². The molecule has 1 saturated heterocycles. The number of rotatable bonds is 6. The Morgan fingerprint density at radius 1 is 1.10 bits per heavy atom. The van der Waals surface area contributed by atoms with Crippen molar-refractivity contribution in [3.05, 3.63) is 53.3 Å². The van der Waals surface area contributed by atoms with Crippen molar-refractivity contribution in [2.24, 2.45) is 0 Å². The van der Waals surface area contributed by atoms with Crippen LogP contribution in [0.15, 0.2) is 41.3 Å². The zero-order valence-electron chi connectivity index (χ0n) is 17.0. The number of carbonyl (C=O) groups is 1. The number of ether oxygens (including phenoxy) is 3. The molecule has 1 fully saturated rings. The van der Waals surface area contributed by atoms with Gasteiger partial charge in [-0.25, -0.2) is 12.8 Å². The third-order valence-corrected chi connectivity index (χ3v) is 7.16. The summed E-state index contributed by atoms with van der Waals surface area (Å²) in [5, 5.41) is 0. The number of hydrogen-bond donors (Lipinski definition) is 0. The Kier molecular flexibility index (Phi) is 6.12. The van der Waals surface area contributed by atoms with Gasteiger partial charge < -0.3 is 19.1 Å². The predicted octanol–water partition coefficient (Wildman–Crippen LogP) is 2.24. The number of carbonyl (C=O) groups excluding carboxylic acids is 1. The van der Waals surface area contributed by atoms with Gasteiger partial charge >= 0.3 is 0 Å². The maximum Gasteiger partial charge on any atom is 0.254 e. The molecule has 166 valence electrons. The first-order chi connectivity index (χ1) is 14.9. The summed E-state index contributed by atoms with van der Waals surface area (Å²) in [6.07, 6.45) is 0. The van der Waals surface area contributed by atoms with Gasteiger partial charge in [-0.05, 0) is 42.8 Å². The highest BCUT2D eigenvalue weighted by atomic mass is 32.2. The first-order valence-corrected chi connectivity index (χ1v) is 11.4. The van der Waals surface area contributed by atoms with E-state index in [9.17, 15) is 17.6 Å². The summed E-state index contributed by atoms with van der Waals surface area (Å²) in [6.45, 7) is 3.43. The van der Waals surface area contributed by atoms with Crippen molar-refractivity contribution >= 4 is 15.9 Å². The first kappa shape index (κ1) is 21.5. The van der Waals surface area contributed by atoms with Crippen LogP contribution in [0, 0.1) is 5.82 Å². The van der Waals surface area contributed by atoms with Crippen LogP contribution in [-0.2, 0) is 21.3 Å². The van der Waals surface area contributed by atoms with Crippen molar-refractivity contribution in [2.45, 2.75) is 18.4 Å². The van der Waals surface area contributed by atoms with Gasteiger partial charge in [0.05, 0.1) is 13.2 Å². The molecule has 0 atom stereocenters. The minimum absolute atomic E-state index is 0.107. The molecule has 0 unspecified atom stereocenters. The van der Waals surface area contributed by atoms with E-state index in [2.05, 4.69) is 0 Å². The number of benzene rings is 2. The van der Waals surface area contributed by atoms with Crippen LogP contribution in [0.3, 0.4) is 0 Å². The Balaban J connectivity index is 1.58. The second-order valence-electron chi connectivity index (χ2n) is 7.17. The molecule has 2 aromatic carbocycles. The summed E-state index contributed by atoms with van der Waals surface area (Å²) in [6, 6.07) is 8.86. The molecular weight excluding hydrogens is 427 g/mol. The molecule has 0 radical (unpaired) electrons. The molecule has 10 heteroatoms. The molecule has 0 aromatic heterocycles. The lowest BCUT2D eigenvalue weighted by Crippen LogP contribution is -2.41. The summed E-state index contributed by atoms with van der Waals surface area (Å²) in [4.78, 5) is 14.2.